The maximum Gasteiger partial charge on any atom is 0.123 e. The molecule has 0 bridgehead atoms. The fourth-order valence-electron chi connectivity index (χ4n) is 1.03. The molecular weight excluding hydrogens is 355 g/mol. The monoisotopic (exact) mass is 370 g/mol. The van der Waals surface area contributed by atoms with Crippen molar-refractivity contribution in [1.29, 1.82) is 0 Å². The van der Waals surface area contributed by atoms with Gasteiger partial charge in [-0.2, -0.15) is 0 Å². The molecule has 0 aliphatic rings. The average molecular weight is 370 g/mol. The third-order valence-electron chi connectivity index (χ3n) is 2.07. The second kappa shape index (κ2) is 8.83. The van der Waals surface area contributed by atoms with E-state index in [-0.39, 0.29) is 0 Å². The number of aliphatic hydroxyl groups is 5. The molecule has 0 aromatic heterocycles. The molecule has 0 radical (unpaired) electrons. The van der Waals surface area contributed by atoms with Crippen LogP contribution in [0.25, 0.3) is 0 Å². The standard InChI is InChI=1S/C7H15IO7S/c8-14-3(1-9)5(11)7(13)6(12)4(2-10)15-16/h3-7,9-13,16H,1-2H2. The van der Waals surface area contributed by atoms with Crippen molar-refractivity contribution in [3.05, 3.63) is 0 Å². The second-order valence-electron chi connectivity index (χ2n) is 3.11. The molecule has 0 fully saturated rings. The Bertz CT molecular complexity index is 160. The van der Waals surface area contributed by atoms with Crippen LogP contribution in [0.1, 0.15) is 0 Å². The van der Waals surface area contributed by atoms with Gasteiger partial charge < -0.3 is 32.8 Å². The lowest BCUT2D eigenvalue weighted by molar-refractivity contribution is -0.128. The van der Waals surface area contributed by atoms with Crippen molar-refractivity contribution in [2.45, 2.75) is 30.5 Å². The average Bonchev–Trinajstić information content (AvgIpc) is 2.30. The number of rotatable bonds is 8. The lowest BCUT2D eigenvalue weighted by Gasteiger charge is -2.29. The van der Waals surface area contributed by atoms with E-state index in [9.17, 15) is 15.3 Å². The molecule has 0 saturated heterocycles. The van der Waals surface area contributed by atoms with Crippen molar-refractivity contribution in [3.8, 4) is 0 Å². The fraction of sp³-hybridized carbons (Fsp3) is 1.00. The highest BCUT2D eigenvalue weighted by Crippen LogP contribution is 2.14. The SMILES string of the molecule is OCC(OS)C(O)C(O)C(O)C(CO)OI. The van der Waals surface area contributed by atoms with Crippen LogP contribution in [0.15, 0.2) is 0 Å². The van der Waals surface area contributed by atoms with Gasteiger partial charge in [-0.3, -0.25) is 0 Å². The predicted octanol–water partition coefficient (Wildman–Crippen LogP) is -1.98. The third kappa shape index (κ3) is 4.58. The van der Waals surface area contributed by atoms with Gasteiger partial charge >= 0.3 is 0 Å². The summed E-state index contributed by atoms with van der Waals surface area (Å²) in [7, 11) is 0. The van der Waals surface area contributed by atoms with Crippen molar-refractivity contribution in [3.63, 3.8) is 0 Å². The molecule has 16 heavy (non-hydrogen) atoms. The minimum atomic E-state index is -1.64. The number of aliphatic hydroxyl groups excluding tert-OH is 5. The van der Waals surface area contributed by atoms with E-state index in [0.29, 0.717) is 0 Å². The van der Waals surface area contributed by atoms with E-state index in [1.807, 2.05) is 0 Å². The summed E-state index contributed by atoms with van der Waals surface area (Å²) in [4.78, 5) is 0. The molecule has 5 unspecified atom stereocenters. The number of hydrogen-bond acceptors (Lipinski definition) is 8. The topological polar surface area (TPSA) is 120 Å². The molecule has 5 N–H and O–H groups in total. The van der Waals surface area contributed by atoms with Crippen LogP contribution in [0.2, 0.25) is 0 Å². The van der Waals surface area contributed by atoms with Crippen molar-refractivity contribution < 1.29 is 32.8 Å². The minimum Gasteiger partial charge on any atom is -0.394 e. The highest BCUT2D eigenvalue weighted by Gasteiger charge is 2.36. The molecule has 0 spiro atoms. The Labute approximate surface area is 112 Å². The summed E-state index contributed by atoms with van der Waals surface area (Å²) in [5.74, 6) is 0. The van der Waals surface area contributed by atoms with Gasteiger partial charge in [0.05, 0.1) is 13.2 Å². The van der Waals surface area contributed by atoms with E-state index in [0.717, 1.165) is 0 Å². The van der Waals surface area contributed by atoms with Crippen LogP contribution in [0.4, 0.5) is 0 Å². The summed E-state index contributed by atoms with van der Waals surface area (Å²) in [6.07, 6.45) is -6.92. The van der Waals surface area contributed by atoms with Crippen molar-refractivity contribution in [1.82, 2.24) is 0 Å². The Hall–Kier alpha value is 0.800. The van der Waals surface area contributed by atoms with Crippen LogP contribution in [0, 0.1) is 0 Å². The predicted molar refractivity (Wildman–Crippen MR) is 64.9 cm³/mol. The second-order valence-corrected chi connectivity index (χ2v) is 3.83. The molecule has 9 heteroatoms. The van der Waals surface area contributed by atoms with Crippen LogP contribution in [-0.2, 0) is 7.25 Å². The smallest absolute Gasteiger partial charge is 0.123 e. The largest absolute Gasteiger partial charge is 0.394 e. The van der Waals surface area contributed by atoms with Gasteiger partial charge in [-0.05, 0) is 12.9 Å². The molecule has 7 nitrogen and oxygen atoms in total. The van der Waals surface area contributed by atoms with E-state index in [2.05, 4.69) is 20.2 Å². The zero-order valence-corrected chi connectivity index (χ0v) is 11.2. The van der Waals surface area contributed by atoms with Crippen molar-refractivity contribution in [2.24, 2.45) is 0 Å². The van der Waals surface area contributed by atoms with E-state index < -0.39 is 43.7 Å². The molecule has 0 aromatic carbocycles. The number of hydrogen-bond donors (Lipinski definition) is 6. The zero-order chi connectivity index (χ0) is 12.7. The molecular formula is C7H15IO7S. The molecule has 0 heterocycles. The molecule has 0 aliphatic heterocycles. The van der Waals surface area contributed by atoms with Gasteiger partial charge in [0.1, 0.15) is 53.5 Å². The van der Waals surface area contributed by atoms with Crippen molar-refractivity contribution >= 4 is 35.9 Å². The molecule has 98 valence electrons. The van der Waals surface area contributed by atoms with Gasteiger partial charge in [0.25, 0.3) is 0 Å². The van der Waals surface area contributed by atoms with E-state index in [4.69, 9.17) is 10.2 Å². The van der Waals surface area contributed by atoms with Crippen LogP contribution in [0.3, 0.4) is 0 Å². The van der Waals surface area contributed by atoms with E-state index in [1.165, 1.54) is 23.0 Å². The number of halogens is 1. The first-order chi connectivity index (χ1) is 7.53. The third-order valence-corrected chi connectivity index (χ3v) is 3.00. The molecule has 0 rings (SSSR count). The van der Waals surface area contributed by atoms with Crippen LogP contribution < -0.4 is 0 Å². The van der Waals surface area contributed by atoms with Crippen molar-refractivity contribution in [2.75, 3.05) is 13.2 Å². The van der Waals surface area contributed by atoms with E-state index in [1.54, 1.807) is 0 Å². The Morgan fingerprint density at radius 2 is 1.38 bits per heavy atom. The summed E-state index contributed by atoms with van der Waals surface area (Å²) in [5.41, 5.74) is 0. The summed E-state index contributed by atoms with van der Waals surface area (Å²) < 4.78 is 9.05. The Kier molecular flexibility index (Phi) is 9.27. The Morgan fingerprint density at radius 3 is 1.69 bits per heavy atom. The van der Waals surface area contributed by atoms with Gasteiger partial charge in [0.2, 0.25) is 0 Å². The molecule has 0 amide bonds. The first-order valence-corrected chi connectivity index (χ1v) is 5.61. The highest BCUT2D eigenvalue weighted by atomic mass is 127. The van der Waals surface area contributed by atoms with Gasteiger partial charge in [-0.15, -0.1) is 0 Å². The zero-order valence-electron chi connectivity index (χ0n) is 8.18. The van der Waals surface area contributed by atoms with Crippen LogP contribution in [-0.4, -0.2) is 69.3 Å². The normalized spacial score (nSPS) is 21.2. The summed E-state index contributed by atoms with van der Waals surface area (Å²) in [6, 6.07) is 0. The molecule has 0 saturated carbocycles. The van der Waals surface area contributed by atoms with Gasteiger partial charge in [-0.25, -0.2) is 0 Å². The fourth-order valence-corrected chi connectivity index (χ4v) is 1.69. The number of thiol groups is 1. The maximum absolute atomic E-state index is 9.53. The first-order valence-electron chi connectivity index (χ1n) is 4.37. The Balaban J connectivity index is 4.45. The lowest BCUT2D eigenvalue weighted by Crippen LogP contribution is -2.51. The van der Waals surface area contributed by atoms with Gasteiger partial charge in [0.15, 0.2) is 0 Å². The Morgan fingerprint density at radius 1 is 0.938 bits per heavy atom. The molecule has 0 aliphatic carbocycles. The summed E-state index contributed by atoms with van der Waals surface area (Å²) in [5, 5.41) is 46.1. The molecule has 5 atom stereocenters. The highest BCUT2D eigenvalue weighted by molar-refractivity contribution is 14.1. The van der Waals surface area contributed by atoms with Gasteiger partial charge in [0, 0.05) is 0 Å². The minimum absolute atomic E-state index is 0.528. The summed E-state index contributed by atoms with van der Waals surface area (Å²) in [6.45, 7) is -1.11. The lowest BCUT2D eigenvalue weighted by atomic mass is 10.00. The summed E-state index contributed by atoms with van der Waals surface area (Å²) >= 11 is 4.85. The van der Waals surface area contributed by atoms with Crippen LogP contribution in [0.5, 0.6) is 0 Å². The van der Waals surface area contributed by atoms with Gasteiger partial charge in [-0.1, -0.05) is 0 Å². The molecule has 0 aromatic rings. The van der Waals surface area contributed by atoms with Crippen LogP contribution >= 0.6 is 35.9 Å². The maximum atomic E-state index is 9.53. The first kappa shape index (κ1) is 16.8. The quantitative estimate of drug-likeness (QED) is 0.167. The van der Waals surface area contributed by atoms with E-state index >= 15 is 0 Å².